The van der Waals surface area contributed by atoms with E-state index < -0.39 is 12.4 Å². The Bertz CT molecular complexity index is 508. The number of para-hydroxylation sites is 2. The molecule has 0 saturated heterocycles. The smallest absolute Gasteiger partial charge is 0.446 e. The van der Waals surface area contributed by atoms with E-state index in [4.69, 9.17) is 4.74 Å². The second-order valence-corrected chi connectivity index (χ2v) is 4.68. The summed E-state index contributed by atoms with van der Waals surface area (Å²) >= 11 is 0. The van der Waals surface area contributed by atoms with Crippen LogP contribution in [0.1, 0.15) is 19.8 Å². The number of methoxy groups -OCH3 is 1. The molecule has 1 amide bonds. The van der Waals surface area contributed by atoms with E-state index in [1.165, 1.54) is 7.11 Å². The molecule has 0 bridgehead atoms. The van der Waals surface area contributed by atoms with Gasteiger partial charge in [0.1, 0.15) is 0 Å². The third-order valence-corrected chi connectivity index (χ3v) is 3.18. The zero-order valence-electron chi connectivity index (χ0n) is 12.2. The number of amidine groups is 1. The van der Waals surface area contributed by atoms with Crippen molar-refractivity contribution in [3.05, 3.63) is 24.3 Å². The molecule has 0 aromatic heterocycles. The Hall–Kier alpha value is -2.44. The Morgan fingerprint density at radius 1 is 1.38 bits per heavy atom. The van der Waals surface area contributed by atoms with E-state index in [1.807, 2.05) is 31.2 Å². The maximum atomic E-state index is 11.9. The standard InChI is InChI=1S/C14H20N4O3/c1-3-4-9-15-13(19)18(14(20)21-2)12-16-10-7-5-6-8-11(10)17-12/h5-8,12,16-17H,3-4,9H2,1-2H3,(H,15,19)/p+1. The minimum atomic E-state index is -0.658. The first-order valence-corrected chi connectivity index (χ1v) is 6.96. The number of hydrogen-bond acceptors (Lipinski definition) is 4. The zero-order valence-corrected chi connectivity index (χ0v) is 12.2. The molecule has 0 saturated carbocycles. The van der Waals surface area contributed by atoms with Crippen molar-refractivity contribution in [2.75, 3.05) is 24.3 Å². The van der Waals surface area contributed by atoms with E-state index in [0.717, 1.165) is 29.1 Å². The number of anilines is 2. The first-order chi connectivity index (χ1) is 10.2. The summed E-state index contributed by atoms with van der Waals surface area (Å²) < 4.78 is 4.74. The molecule has 2 rings (SSSR count). The van der Waals surface area contributed by atoms with E-state index in [9.17, 15) is 9.90 Å². The maximum absolute atomic E-state index is 11.9. The van der Waals surface area contributed by atoms with Crippen molar-refractivity contribution < 1.29 is 19.6 Å². The lowest BCUT2D eigenvalue weighted by Crippen LogP contribution is -2.78. The highest BCUT2D eigenvalue weighted by atomic mass is 16.5. The third kappa shape index (κ3) is 3.36. The molecule has 1 aromatic carbocycles. The Morgan fingerprint density at radius 3 is 2.52 bits per heavy atom. The predicted octanol–water partition coefficient (Wildman–Crippen LogP) is 0.671. The molecule has 4 N–H and O–H groups in total. The fourth-order valence-electron chi connectivity index (χ4n) is 2.07. The molecule has 1 heterocycles. The predicted molar refractivity (Wildman–Crippen MR) is 80.1 cm³/mol. The molecule has 1 aliphatic rings. The van der Waals surface area contributed by atoms with Crippen LogP contribution in [-0.2, 0) is 4.74 Å². The molecule has 0 spiro atoms. The van der Waals surface area contributed by atoms with Gasteiger partial charge in [0.05, 0.1) is 25.0 Å². The summed E-state index contributed by atoms with van der Waals surface area (Å²) in [5, 5.41) is 16.4. The summed E-state index contributed by atoms with van der Waals surface area (Å²) in [6, 6.07) is 7.31. The van der Waals surface area contributed by atoms with Gasteiger partial charge in [-0.3, -0.25) is 0 Å². The van der Waals surface area contributed by atoms with Gasteiger partial charge < -0.3 is 20.5 Å². The van der Waals surface area contributed by atoms with Crippen LogP contribution in [-0.4, -0.2) is 42.1 Å². The summed E-state index contributed by atoms with van der Waals surface area (Å²) in [4.78, 5) is 15.9. The molecule has 1 aliphatic heterocycles. The van der Waals surface area contributed by atoms with Crippen LogP contribution in [0.15, 0.2) is 24.3 Å². The number of carbonyl (C=O) groups is 1. The molecule has 0 unspecified atom stereocenters. The van der Waals surface area contributed by atoms with Crippen molar-refractivity contribution in [2.45, 2.75) is 26.1 Å². The van der Waals surface area contributed by atoms with Crippen LogP contribution < -0.4 is 15.6 Å². The fourth-order valence-corrected chi connectivity index (χ4v) is 2.07. The first-order valence-electron chi connectivity index (χ1n) is 6.96. The molecule has 0 aliphatic carbocycles. The lowest BCUT2D eigenvalue weighted by atomic mass is 10.3. The number of nitrogens with zero attached hydrogens (tertiary/aromatic N) is 1. The zero-order chi connectivity index (χ0) is 15.2. The Morgan fingerprint density at radius 2 is 2.00 bits per heavy atom. The van der Waals surface area contributed by atoms with Crippen LogP contribution in [0.25, 0.3) is 0 Å². The molecular formula is C14H21N4O3+. The Kier molecular flexibility index (Phi) is 4.86. The SMILES string of the molecule is CCCC[NH+]=C(O)N(C(=O)OC)C1Nc2ccccc2N1. The molecule has 0 fully saturated rings. The number of hydrogen-bond donors (Lipinski definition) is 4. The highest BCUT2D eigenvalue weighted by Crippen LogP contribution is 2.29. The topological polar surface area (TPSA) is 87.8 Å². The summed E-state index contributed by atoms with van der Waals surface area (Å²) in [6.07, 6.45) is 0.618. The quantitative estimate of drug-likeness (QED) is 0.372. The minimum absolute atomic E-state index is 0.242. The van der Waals surface area contributed by atoms with Gasteiger partial charge in [-0.05, 0) is 18.6 Å². The van der Waals surface area contributed by atoms with Crippen LogP contribution in [0.2, 0.25) is 0 Å². The van der Waals surface area contributed by atoms with Crippen LogP contribution in [0, 0.1) is 0 Å². The highest BCUT2D eigenvalue weighted by Gasteiger charge is 2.40. The number of ether oxygens (including phenoxy) is 1. The fraction of sp³-hybridized carbons (Fsp3) is 0.429. The molecule has 0 radical (unpaired) electrons. The third-order valence-electron chi connectivity index (χ3n) is 3.18. The van der Waals surface area contributed by atoms with E-state index >= 15 is 0 Å². The second kappa shape index (κ2) is 6.83. The number of fused-ring (bicyclic) bond motifs is 1. The largest absolute Gasteiger partial charge is 0.512 e. The van der Waals surface area contributed by atoms with Crippen molar-refractivity contribution >= 4 is 23.5 Å². The van der Waals surface area contributed by atoms with Crippen molar-refractivity contribution in [2.24, 2.45) is 0 Å². The van der Waals surface area contributed by atoms with Crippen LogP contribution in [0.5, 0.6) is 0 Å². The number of amides is 1. The van der Waals surface area contributed by atoms with Gasteiger partial charge in [0.15, 0.2) is 0 Å². The van der Waals surface area contributed by atoms with Gasteiger partial charge in [-0.15, -0.1) is 0 Å². The lowest BCUT2D eigenvalue weighted by Gasteiger charge is -2.18. The Balaban J connectivity index is 2.15. The van der Waals surface area contributed by atoms with Gasteiger partial charge in [-0.25, -0.2) is 4.99 Å². The monoisotopic (exact) mass is 293 g/mol. The molecule has 7 nitrogen and oxygen atoms in total. The lowest BCUT2D eigenvalue weighted by molar-refractivity contribution is -0.473. The average Bonchev–Trinajstić information content (AvgIpc) is 2.90. The molecule has 1 aromatic rings. The molecule has 0 atom stereocenters. The minimum Gasteiger partial charge on any atom is -0.446 e. The molecule has 7 heteroatoms. The summed E-state index contributed by atoms with van der Waals surface area (Å²) in [6.45, 7) is 2.63. The van der Waals surface area contributed by atoms with Crippen molar-refractivity contribution in [1.29, 1.82) is 0 Å². The van der Waals surface area contributed by atoms with Crippen LogP contribution in [0.4, 0.5) is 16.2 Å². The summed E-state index contributed by atoms with van der Waals surface area (Å²) in [5.74, 6) is 0. The number of nitrogens with one attached hydrogen (secondary N) is 3. The molecular weight excluding hydrogens is 272 g/mol. The number of aliphatic hydroxyl groups is 1. The van der Waals surface area contributed by atoms with Crippen LogP contribution >= 0.6 is 0 Å². The number of aliphatic hydroxyl groups excluding tert-OH is 1. The number of rotatable bonds is 4. The number of benzene rings is 1. The van der Waals surface area contributed by atoms with E-state index in [-0.39, 0.29) is 6.02 Å². The van der Waals surface area contributed by atoms with E-state index in [0.29, 0.717) is 6.54 Å². The molecule has 114 valence electrons. The average molecular weight is 293 g/mol. The second-order valence-electron chi connectivity index (χ2n) is 4.68. The van der Waals surface area contributed by atoms with Gasteiger partial charge in [0.2, 0.25) is 0 Å². The van der Waals surface area contributed by atoms with E-state index in [1.54, 1.807) is 0 Å². The first kappa shape index (κ1) is 15.0. The van der Waals surface area contributed by atoms with Gasteiger partial charge in [-0.1, -0.05) is 30.4 Å². The normalized spacial score (nSPS) is 14.1. The van der Waals surface area contributed by atoms with Gasteiger partial charge in [0, 0.05) is 0 Å². The van der Waals surface area contributed by atoms with Gasteiger partial charge >= 0.3 is 12.1 Å². The highest BCUT2D eigenvalue weighted by molar-refractivity contribution is 5.89. The van der Waals surface area contributed by atoms with E-state index in [2.05, 4.69) is 15.6 Å². The number of unbranched alkanes of at least 4 members (excludes halogenated alkanes) is 1. The maximum Gasteiger partial charge on any atom is 0.512 e. The van der Waals surface area contributed by atoms with Gasteiger partial charge in [0.25, 0.3) is 6.29 Å². The van der Waals surface area contributed by atoms with Crippen molar-refractivity contribution in [3.63, 3.8) is 0 Å². The number of carbonyl (C=O) groups excluding carboxylic acids is 1. The van der Waals surface area contributed by atoms with Crippen molar-refractivity contribution in [1.82, 2.24) is 4.90 Å². The molecule has 21 heavy (non-hydrogen) atoms. The van der Waals surface area contributed by atoms with Crippen LogP contribution in [0.3, 0.4) is 0 Å². The summed E-state index contributed by atoms with van der Waals surface area (Å²) in [7, 11) is 1.27. The van der Waals surface area contributed by atoms with Crippen molar-refractivity contribution in [3.8, 4) is 0 Å². The summed E-state index contributed by atoms with van der Waals surface area (Å²) in [5.41, 5.74) is 1.72. The Labute approximate surface area is 123 Å². The van der Waals surface area contributed by atoms with Gasteiger partial charge in [-0.2, -0.15) is 4.79 Å².